The van der Waals surface area contributed by atoms with E-state index in [0.717, 1.165) is 37.1 Å². The van der Waals surface area contributed by atoms with Crippen molar-refractivity contribution < 1.29 is 4.74 Å². The molecule has 0 unspecified atom stereocenters. The van der Waals surface area contributed by atoms with Crippen molar-refractivity contribution in [2.45, 2.75) is 18.9 Å². The number of para-hydroxylation sites is 1. The summed E-state index contributed by atoms with van der Waals surface area (Å²) in [5, 5.41) is 6.78. The van der Waals surface area contributed by atoms with Gasteiger partial charge < -0.3 is 15.0 Å². The zero-order chi connectivity index (χ0) is 14.3. The number of rotatable bonds is 6. The molecule has 2 aromatic rings. The molecule has 0 amide bonds. The van der Waals surface area contributed by atoms with Crippen molar-refractivity contribution in [2.75, 3.05) is 31.1 Å². The SMILES string of the molecule is c1ccc(OCCNC2CCN(c3nccs3)CC2)cc1. The van der Waals surface area contributed by atoms with Gasteiger partial charge in [0.1, 0.15) is 12.4 Å². The molecule has 1 saturated heterocycles. The molecule has 0 atom stereocenters. The standard InChI is InChI=1S/C16H21N3OS/c1-2-4-15(5-3-1)20-12-8-17-14-6-10-19(11-7-14)16-18-9-13-21-16/h1-5,9,13-14,17H,6-8,10-12H2. The Bertz CT molecular complexity index is 510. The summed E-state index contributed by atoms with van der Waals surface area (Å²) in [7, 11) is 0. The predicted octanol–water partition coefficient (Wildman–Crippen LogP) is 2.78. The topological polar surface area (TPSA) is 37.4 Å². The van der Waals surface area contributed by atoms with Crippen molar-refractivity contribution in [3.63, 3.8) is 0 Å². The molecule has 5 heteroatoms. The van der Waals surface area contributed by atoms with Crippen molar-refractivity contribution in [2.24, 2.45) is 0 Å². The average molecular weight is 303 g/mol. The van der Waals surface area contributed by atoms with Crippen molar-refractivity contribution in [1.82, 2.24) is 10.3 Å². The average Bonchev–Trinajstić information content (AvgIpc) is 3.08. The molecule has 4 nitrogen and oxygen atoms in total. The quantitative estimate of drug-likeness (QED) is 0.833. The van der Waals surface area contributed by atoms with Gasteiger partial charge in [-0.15, -0.1) is 11.3 Å². The van der Waals surface area contributed by atoms with Gasteiger partial charge in [-0.2, -0.15) is 0 Å². The van der Waals surface area contributed by atoms with Crippen LogP contribution in [0.15, 0.2) is 41.9 Å². The van der Waals surface area contributed by atoms with Crippen LogP contribution in [0.25, 0.3) is 0 Å². The van der Waals surface area contributed by atoms with E-state index in [9.17, 15) is 0 Å². The second kappa shape index (κ2) is 7.43. The molecule has 2 heterocycles. The van der Waals surface area contributed by atoms with E-state index in [2.05, 4.69) is 15.2 Å². The van der Waals surface area contributed by atoms with Crippen LogP contribution in [0.3, 0.4) is 0 Å². The van der Waals surface area contributed by atoms with E-state index >= 15 is 0 Å². The van der Waals surface area contributed by atoms with Gasteiger partial charge in [0, 0.05) is 37.3 Å². The minimum Gasteiger partial charge on any atom is -0.492 e. The number of hydrogen-bond acceptors (Lipinski definition) is 5. The molecule has 0 spiro atoms. The molecule has 0 aliphatic carbocycles. The third kappa shape index (κ3) is 4.19. The summed E-state index contributed by atoms with van der Waals surface area (Å²) in [6.07, 6.45) is 4.22. The molecule has 1 aromatic heterocycles. The number of thiazole rings is 1. The summed E-state index contributed by atoms with van der Waals surface area (Å²) < 4.78 is 5.70. The van der Waals surface area contributed by atoms with E-state index in [4.69, 9.17) is 4.74 Å². The van der Waals surface area contributed by atoms with E-state index in [-0.39, 0.29) is 0 Å². The van der Waals surface area contributed by atoms with E-state index in [1.54, 1.807) is 11.3 Å². The van der Waals surface area contributed by atoms with E-state index in [0.29, 0.717) is 6.04 Å². The van der Waals surface area contributed by atoms with Crippen LogP contribution in [0.4, 0.5) is 5.13 Å². The molecule has 21 heavy (non-hydrogen) atoms. The highest BCUT2D eigenvalue weighted by atomic mass is 32.1. The molecule has 1 aliphatic heterocycles. The molecular weight excluding hydrogens is 282 g/mol. The van der Waals surface area contributed by atoms with E-state index < -0.39 is 0 Å². The number of ether oxygens (including phenoxy) is 1. The first-order valence-electron chi connectivity index (χ1n) is 7.47. The van der Waals surface area contributed by atoms with Crippen molar-refractivity contribution >= 4 is 16.5 Å². The minimum atomic E-state index is 0.598. The maximum absolute atomic E-state index is 5.70. The second-order valence-corrected chi connectivity index (χ2v) is 6.06. The molecule has 0 bridgehead atoms. The van der Waals surface area contributed by atoms with E-state index in [1.165, 1.54) is 12.8 Å². The number of anilines is 1. The number of aromatic nitrogens is 1. The van der Waals surface area contributed by atoms with Crippen LogP contribution in [0, 0.1) is 0 Å². The highest BCUT2D eigenvalue weighted by molar-refractivity contribution is 7.13. The predicted molar refractivity (Wildman–Crippen MR) is 87.3 cm³/mol. The summed E-state index contributed by atoms with van der Waals surface area (Å²) in [6.45, 7) is 3.79. The Morgan fingerprint density at radius 1 is 1.24 bits per heavy atom. The Morgan fingerprint density at radius 2 is 2.05 bits per heavy atom. The maximum atomic E-state index is 5.70. The molecule has 1 fully saturated rings. The van der Waals surface area contributed by atoms with Crippen molar-refractivity contribution in [1.29, 1.82) is 0 Å². The summed E-state index contributed by atoms with van der Waals surface area (Å²) in [5.74, 6) is 0.942. The molecule has 3 rings (SSSR count). The molecule has 1 aliphatic rings. The van der Waals surface area contributed by atoms with Crippen LogP contribution in [0.5, 0.6) is 5.75 Å². The zero-order valence-corrected chi connectivity index (χ0v) is 12.9. The Hall–Kier alpha value is -1.59. The van der Waals surface area contributed by atoms with Gasteiger partial charge in [-0.3, -0.25) is 0 Å². The van der Waals surface area contributed by atoms with Gasteiger partial charge in [-0.05, 0) is 25.0 Å². The first kappa shape index (κ1) is 14.4. The molecule has 1 aromatic carbocycles. The van der Waals surface area contributed by atoms with Crippen LogP contribution >= 0.6 is 11.3 Å². The molecule has 1 N–H and O–H groups in total. The fraction of sp³-hybridized carbons (Fsp3) is 0.438. The fourth-order valence-electron chi connectivity index (χ4n) is 2.60. The van der Waals surface area contributed by atoms with Gasteiger partial charge in [-0.25, -0.2) is 4.98 Å². The lowest BCUT2D eigenvalue weighted by Crippen LogP contribution is -2.43. The van der Waals surface area contributed by atoms with Crippen molar-refractivity contribution in [3.05, 3.63) is 41.9 Å². The summed E-state index contributed by atoms with van der Waals surface area (Å²) in [4.78, 5) is 6.76. The highest BCUT2D eigenvalue weighted by Crippen LogP contribution is 2.21. The van der Waals surface area contributed by atoms with Crippen LogP contribution < -0.4 is 15.0 Å². The van der Waals surface area contributed by atoms with Gasteiger partial charge in [0.15, 0.2) is 5.13 Å². The van der Waals surface area contributed by atoms with Crippen LogP contribution in [0.1, 0.15) is 12.8 Å². The number of nitrogens with zero attached hydrogens (tertiary/aromatic N) is 2. The number of nitrogens with one attached hydrogen (secondary N) is 1. The Kier molecular flexibility index (Phi) is 5.08. The highest BCUT2D eigenvalue weighted by Gasteiger charge is 2.19. The van der Waals surface area contributed by atoms with Crippen molar-refractivity contribution in [3.8, 4) is 5.75 Å². The summed E-state index contributed by atoms with van der Waals surface area (Å²) in [5.41, 5.74) is 0. The molecule has 0 radical (unpaired) electrons. The monoisotopic (exact) mass is 303 g/mol. The van der Waals surface area contributed by atoms with Gasteiger partial charge in [0.05, 0.1) is 0 Å². The fourth-order valence-corrected chi connectivity index (χ4v) is 3.29. The molecule has 112 valence electrons. The maximum Gasteiger partial charge on any atom is 0.185 e. The zero-order valence-electron chi connectivity index (χ0n) is 12.1. The Balaban J connectivity index is 1.33. The first-order valence-corrected chi connectivity index (χ1v) is 8.35. The number of benzene rings is 1. The molecule has 0 saturated carbocycles. The first-order chi connectivity index (χ1) is 10.4. The van der Waals surface area contributed by atoms with Gasteiger partial charge in [0.25, 0.3) is 0 Å². The lowest BCUT2D eigenvalue weighted by Gasteiger charge is -2.32. The van der Waals surface area contributed by atoms with Crippen LogP contribution in [-0.2, 0) is 0 Å². The third-order valence-corrected chi connectivity index (χ3v) is 4.56. The summed E-state index contributed by atoms with van der Waals surface area (Å²) >= 11 is 1.72. The molecular formula is C16H21N3OS. The minimum absolute atomic E-state index is 0.598. The summed E-state index contributed by atoms with van der Waals surface area (Å²) in [6, 6.07) is 10.6. The van der Waals surface area contributed by atoms with Gasteiger partial charge >= 0.3 is 0 Å². The number of hydrogen-bond donors (Lipinski definition) is 1. The van der Waals surface area contributed by atoms with Crippen LogP contribution in [-0.4, -0.2) is 37.3 Å². The lowest BCUT2D eigenvalue weighted by atomic mass is 10.1. The Morgan fingerprint density at radius 3 is 2.76 bits per heavy atom. The third-order valence-electron chi connectivity index (χ3n) is 3.73. The van der Waals surface area contributed by atoms with Crippen LogP contribution in [0.2, 0.25) is 0 Å². The smallest absolute Gasteiger partial charge is 0.185 e. The van der Waals surface area contributed by atoms with Gasteiger partial charge in [0.2, 0.25) is 0 Å². The second-order valence-electron chi connectivity index (χ2n) is 5.19. The lowest BCUT2D eigenvalue weighted by molar-refractivity contribution is 0.296. The van der Waals surface area contributed by atoms with Gasteiger partial charge in [-0.1, -0.05) is 18.2 Å². The Labute approximate surface area is 129 Å². The van der Waals surface area contributed by atoms with E-state index in [1.807, 2.05) is 41.9 Å². The largest absolute Gasteiger partial charge is 0.492 e. The normalized spacial score (nSPS) is 16.1. The number of piperidine rings is 1.